The predicted octanol–water partition coefficient (Wildman–Crippen LogP) is -2.17. The van der Waals surface area contributed by atoms with Gasteiger partial charge < -0.3 is 25.8 Å². The molecule has 0 saturated carbocycles. The van der Waals surface area contributed by atoms with Gasteiger partial charge in [-0.05, 0) is 13.0 Å². The normalized spacial score (nSPS) is 35.9. The third-order valence-electron chi connectivity index (χ3n) is 3.07. The van der Waals surface area contributed by atoms with Crippen LogP contribution in [-0.2, 0) is 4.74 Å². The molecule has 8 nitrogen and oxygen atoms in total. The fraction of sp³-hybridized carbons (Fsp3) is 0.600. The number of hydrogen-bond acceptors (Lipinski definition) is 7. The van der Waals surface area contributed by atoms with E-state index in [9.17, 15) is 20.1 Å². The minimum Gasteiger partial charge on any atom is -0.393 e. The Morgan fingerprint density at radius 2 is 2.28 bits per heavy atom. The highest BCUT2D eigenvalue weighted by atomic mass is 16.6. The van der Waals surface area contributed by atoms with Crippen LogP contribution in [0.2, 0.25) is 0 Å². The molecular formula is C10H15N3O5. The third-order valence-corrected chi connectivity index (χ3v) is 3.07. The van der Waals surface area contributed by atoms with E-state index in [1.807, 2.05) is 0 Å². The third kappa shape index (κ3) is 1.89. The molecule has 4 atom stereocenters. The molecule has 0 amide bonds. The van der Waals surface area contributed by atoms with Gasteiger partial charge in [-0.25, -0.2) is 4.79 Å². The number of anilines is 1. The Morgan fingerprint density at radius 3 is 2.78 bits per heavy atom. The topological polar surface area (TPSA) is 131 Å². The first-order chi connectivity index (χ1) is 8.39. The molecule has 1 saturated heterocycles. The summed E-state index contributed by atoms with van der Waals surface area (Å²) < 4.78 is 6.38. The Morgan fingerprint density at radius 1 is 1.61 bits per heavy atom. The van der Waals surface area contributed by atoms with E-state index in [2.05, 4.69) is 4.98 Å². The van der Waals surface area contributed by atoms with Gasteiger partial charge in [-0.15, -0.1) is 0 Å². The van der Waals surface area contributed by atoms with Crippen LogP contribution in [-0.4, -0.2) is 49.3 Å². The van der Waals surface area contributed by atoms with Crippen LogP contribution in [0, 0.1) is 0 Å². The lowest BCUT2D eigenvalue weighted by atomic mass is 9.99. The zero-order chi connectivity index (χ0) is 13.5. The quantitative estimate of drug-likeness (QED) is 0.474. The van der Waals surface area contributed by atoms with Gasteiger partial charge in [0.05, 0.1) is 6.61 Å². The Balaban J connectivity index is 2.38. The molecule has 1 aromatic heterocycles. The lowest BCUT2D eigenvalue weighted by molar-refractivity contribution is -0.117. The Hall–Kier alpha value is -1.48. The summed E-state index contributed by atoms with van der Waals surface area (Å²) in [5.41, 5.74) is 3.32. The number of nitrogens with zero attached hydrogens (tertiary/aromatic N) is 2. The standard InChI is InChI=1S/C10H15N3O5/c1-10(4-14)7(16)6(15)8(18-10)13-3-2-5(11)12-9(13)17/h2-3,6-8,14-16H,4H2,1H3,(H2,11,12,17)/t6?,7?,8-,10-/m1/s1. The average Bonchev–Trinajstić information content (AvgIpc) is 2.55. The van der Waals surface area contributed by atoms with Crippen molar-refractivity contribution in [3.8, 4) is 0 Å². The Labute approximate surface area is 102 Å². The number of nitrogen functional groups attached to an aromatic ring is 1. The summed E-state index contributed by atoms with van der Waals surface area (Å²) in [7, 11) is 0. The van der Waals surface area contributed by atoms with E-state index >= 15 is 0 Å². The van der Waals surface area contributed by atoms with E-state index in [1.165, 1.54) is 19.2 Å². The Bertz CT molecular complexity index is 505. The molecule has 8 heteroatoms. The number of hydrogen-bond donors (Lipinski definition) is 4. The second-order valence-corrected chi connectivity index (χ2v) is 4.46. The fourth-order valence-corrected chi connectivity index (χ4v) is 1.90. The first-order valence-electron chi connectivity index (χ1n) is 5.38. The van der Waals surface area contributed by atoms with E-state index in [0.29, 0.717) is 0 Å². The van der Waals surface area contributed by atoms with Gasteiger partial charge in [0, 0.05) is 6.20 Å². The maximum atomic E-state index is 11.6. The zero-order valence-corrected chi connectivity index (χ0v) is 9.72. The first kappa shape index (κ1) is 13.0. The van der Waals surface area contributed by atoms with E-state index in [1.54, 1.807) is 0 Å². The maximum Gasteiger partial charge on any atom is 0.351 e. The monoisotopic (exact) mass is 257 g/mol. The molecule has 1 aliphatic rings. The minimum absolute atomic E-state index is 0.0502. The molecule has 0 spiro atoms. The van der Waals surface area contributed by atoms with Crippen LogP contribution in [0.25, 0.3) is 0 Å². The molecule has 0 radical (unpaired) electrons. The summed E-state index contributed by atoms with van der Waals surface area (Å²) in [4.78, 5) is 15.1. The molecule has 0 aliphatic carbocycles. The van der Waals surface area contributed by atoms with Crippen molar-refractivity contribution >= 4 is 5.82 Å². The van der Waals surface area contributed by atoms with E-state index in [0.717, 1.165) is 4.57 Å². The second-order valence-electron chi connectivity index (χ2n) is 4.46. The van der Waals surface area contributed by atoms with Crippen LogP contribution in [0.1, 0.15) is 13.2 Å². The van der Waals surface area contributed by atoms with Crippen molar-refractivity contribution in [1.29, 1.82) is 0 Å². The van der Waals surface area contributed by atoms with Gasteiger partial charge >= 0.3 is 5.69 Å². The fourth-order valence-electron chi connectivity index (χ4n) is 1.90. The lowest BCUT2D eigenvalue weighted by Gasteiger charge is -2.24. The second kappa shape index (κ2) is 4.32. The molecule has 1 aromatic rings. The van der Waals surface area contributed by atoms with Crippen molar-refractivity contribution in [2.24, 2.45) is 0 Å². The van der Waals surface area contributed by atoms with Gasteiger partial charge in [0.15, 0.2) is 6.23 Å². The molecule has 18 heavy (non-hydrogen) atoms. The van der Waals surface area contributed by atoms with Gasteiger partial charge in [-0.1, -0.05) is 0 Å². The van der Waals surface area contributed by atoms with Gasteiger partial charge in [-0.2, -0.15) is 4.98 Å². The van der Waals surface area contributed by atoms with Crippen molar-refractivity contribution in [2.45, 2.75) is 31.0 Å². The van der Waals surface area contributed by atoms with Gasteiger partial charge in [0.1, 0.15) is 23.6 Å². The first-order valence-corrected chi connectivity index (χ1v) is 5.38. The zero-order valence-electron chi connectivity index (χ0n) is 9.72. The van der Waals surface area contributed by atoms with Gasteiger partial charge in [0.25, 0.3) is 0 Å². The van der Waals surface area contributed by atoms with Crippen LogP contribution in [0.4, 0.5) is 5.82 Å². The summed E-state index contributed by atoms with van der Waals surface area (Å²) >= 11 is 0. The molecule has 2 rings (SSSR count). The number of aliphatic hydroxyl groups excluding tert-OH is 3. The van der Waals surface area contributed by atoms with Crippen molar-refractivity contribution in [2.75, 3.05) is 12.3 Å². The summed E-state index contributed by atoms with van der Waals surface area (Å²) in [5.74, 6) is 0.0502. The van der Waals surface area contributed by atoms with Crippen molar-refractivity contribution in [3.05, 3.63) is 22.7 Å². The highest BCUT2D eigenvalue weighted by Crippen LogP contribution is 2.35. The summed E-state index contributed by atoms with van der Waals surface area (Å²) in [6.45, 7) is 0.954. The van der Waals surface area contributed by atoms with Crippen LogP contribution >= 0.6 is 0 Å². The molecule has 1 fully saturated rings. The van der Waals surface area contributed by atoms with Gasteiger partial charge in [-0.3, -0.25) is 4.57 Å². The summed E-state index contributed by atoms with van der Waals surface area (Å²) in [6.07, 6.45) is -2.45. The van der Waals surface area contributed by atoms with E-state index < -0.39 is 36.3 Å². The number of rotatable bonds is 2. The molecule has 5 N–H and O–H groups in total. The molecule has 2 unspecified atom stereocenters. The SMILES string of the molecule is C[C@]1(CO)O[C@@H](n2ccc(N)nc2=O)C(O)C1O. The molecule has 1 aliphatic heterocycles. The molecule has 100 valence electrons. The van der Waals surface area contributed by atoms with Crippen LogP contribution in [0.5, 0.6) is 0 Å². The van der Waals surface area contributed by atoms with Crippen LogP contribution in [0.15, 0.2) is 17.1 Å². The molecular weight excluding hydrogens is 242 g/mol. The van der Waals surface area contributed by atoms with Gasteiger partial charge in [0.2, 0.25) is 0 Å². The van der Waals surface area contributed by atoms with E-state index in [-0.39, 0.29) is 5.82 Å². The van der Waals surface area contributed by atoms with Crippen LogP contribution < -0.4 is 11.4 Å². The maximum absolute atomic E-state index is 11.6. The Kier molecular flexibility index (Phi) is 3.11. The molecule has 0 bridgehead atoms. The van der Waals surface area contributed by atoms with Crippen molar-refractivity contribution in [3.63, 3.8) is 0 Å². The van der Waals surface area contributed by atoms with Crippen molar-refractivity contribution in [1.82, 2.24) is 9.55 Å². The van der Waals surface area contributed by atoms with Crippen molar-refractivity contribution < 1.29 is 20.1 Å². The highest BCUT2D eigenvalue weighted by Gasteiger charge is 2.51. The summed E-state index contributed by atoms with van der Waals surface area (Å²) in [6, 6.07) is 1.37. The summed E-state index contributed by atoms with van der Waals surface area (Å²) in [5, 5.41) is 28.8. The average molecular weight is 257 g/mol. The van der Waals surface area contributed by atoms with Crippen LogP contribution in [0.3, 0.4) is 0 Å². The molecule has 0 aromatic carbocycles. The largest absolute Gasteiger partial charge is 0.393 e. The number of aromatic nitrogens is 2. The minimum atomic E-state index is -1.34. The molecule has 2 heterocycles. The smallest absolute Gasteiger partial charge is 0.351 e. The number of nitrogens with two attached hydrogens (primary N) is 1. The highest BCUT2D eigenvalue weighted by molar-refractivity contribution is 5.23. The number of ether oxygens (including phenoxy) is 1. The van der Waals surface area contributed by atoms with E-state index in [4.69, 9.17) is 10.5 Å². The lowest BCUT2D eigenvalue weighted by Crippen LogP contribution is -2.43. The number of aliphatic hydroxyl groups is 3. The predicted molar refractivity (Wildman–Crippen MR) is 60.5 cm³/mol.